The topological polar surface area (TPSA) is 56.1 Å². The Hall–Kier alpha value is -2.16. The molecule has 0 spiro atoms. The summed E-state index contributed by atoms with van der Waals surface area (Å²) in [5.74, 6) is -0.0253. The van der Waals surface area contributed by atoms with Gasteiger partial charge in [-0.25, -0.2) is 0 Å². The summed E-state index contributed by atoms with van der Waals surface area (Å²) in [5, 5.41) is 14.3. The molecule has 0 saturated carbocycles. The van der Waals surface area contributed by atoms with Crippen molar-refractivity contribution in [3.63, 3.8) is 0 Å². The van der Waals surface area contributed by atoms with E-state index in [1.165, 1.54) is 23.3 Å². The number of anilines is 1. The van der Waals surface area contributed by atoms with Gasteiger partial charge in [0.25, 0.3) is 0 Å². The molecule has 1 aliphatic rings. The monoisotopic (exact) mass is 325 g/mol. The molecule has 3 rings (SSSR count). The Morgan fingerprint density at radius 1 is 1.35 bits per heavy atom. The van der Waals surface area contributed by atoms with Gasteiger partial charge in [-0.1, -0.05) is 30.3 Å². The molecule has 1 N–H and O–H groups in total. The number of hydrogen-bond acceptors (Lipinski definition) is 4. The van der Waals surface area contributed by atoms with Crippen molar-refractivity contribution in [2.45, 2.75) is 25.3 Å². The molecule has 1 atom stereocenters. The molecule has 0 bridgehead atoms. The number of thiophene rings is 1. The highest BCUT2D eigenvalue weighted by atomic mass is 32.1. The number of rotatable bonds is 5. The molecule has 0 radical (unpaired) electrons. The van der Waals surface area contributed by atoms with Gasteiger partial charge in [-0.05, 0) is 36.4 Å². The fourth-order valence-corrected chi connectivity index (χ4v) is 3.83. The highest BCUT2D eigenvalue weighted by Gasteiger charge is 2.25. The second-order valence-corrected chi connectivity index (χ2v) is 6.59. The molecule has 23 heavy (non-hydrogen) atoms. The van der Waals surface area contributed by atoms with E-state index in [4.69, 9.17) is 5.26 Å². The van der Waals surface area contributed by atoms with Crippen molar-refractivity contribution in [3.05, 3.63) is 52.9 Å². The van der Waals surface area contributed by atoms with Crippen molar-refractivity contribution in [1.82, 2.24) is 4.90 Å². The van der Waals surface area contributed by atoms with Crippen LogP contribution in [0.25, 0.3) is 0 Å². The summed E-state index contributed by atoms with van der Waals surface area (Å²) >= 11 is 1.39. The molecule has 4 nitrogen and oxygen atoms in total. The number of carbonyl (C=O) groups is 1. The number of amides is 1. The van der Waals surface area contributed by atoms with Gasteiger partial charge in [0.1, 0.15) is 11.1 Å². The quantitative estimate of drug-likeness (QED) is 0.910. The molecule has 1 unspecified atom stereocenters. The third kappa shape index (κ3) is 3.79. The highest BCUT2D eigenvalue weighted by Crippen LogP contribution is 2.31. The second-order valence-electron chi connectivity index (χ2n) is 5.68. The molecule has 1 aromatic heterocycles. The normalized spacial score (nSPS) is 17.8. The molecular weight excluding hydrogens is 306 g/mol. The molecule has 5 heteroatoms. The lowest BCUT2D eigenvalue weighted by molar-refractivity contribution is -0.116. The van der Waals surface area contributed by atoms with Crippen molar-refractivity contribution < 1.29 is 4.79 Å². The van der Waals surface area contributed by atoms with E-state index in [1.54, 1.807) is 6.07 Å². The lowest BCUT2D eigenvalue weighted by Gasteiger charge is -2.24. The molecule has 0 aliphatic carbocycles. The summed E-state index contributed by atoms with van der Waals surface area (Å²) in [6.07, 6.45) is 2.77. The number of benzene rings is 1. The average molecular weight is 325 g/mol. The van der Waals surface area contributed by atoms with E-state index in [9.17, 15) is 4.79 Å². The van der Waals surface area contributed by atoms with E-state index in [0.717, 1.165) is 19.5 Å². The Kier molecular flexibility index (Phi) is 5.06. The zero-order valence-corrected chi connectivity index (χ0v) is 13.7. The molecule has 118 valence electrons. The van der Waals surface area contributed by atoms with Crippen LogP contribution in [-0.4, -0.2) is 23.9 Å². The first-order chi connectivity index (χ1) is 11.3. The van der Waals surface area contributed by atoms with Crippen molar-refractivity contribution in [2.24, 2.45) is 0 Å². The van der Waals surface area contributed by atoms with Crippen molar-refractivity contribution >= 4 is 22.2 Å². The van der Waals surface area contributed by atoms with Gasteiger partial charge in [0.05, 0.1) is 5.56 Å². The van der Waals surface area contributed by atoms with Gasteiger partial charge in [-0.2, -0.15) is 5.26 Å². The SMILES string of the molecule is N#Cc1ccsc1NC(=O)CCN1CCCC1c1ccccc1. The summed E-state index contributed by atoms with van der Waals surface area (Å²) < 4.78 is 0. The van der Waals surface area contributed by atoms with Gasteiger partial charge >= 0.3 is 0 Å². The van der Waals surface area contributed by atoms with Crippen LogP contribution in [0, 0.1) is 11.3 Å². The summed E-state index contributed by atoms with van der Waals surface area (Å²) in [7, 11) is 0. The number of likely N-dealkylation sites (tertiary alicyclic amines) is 1. The summed E-state index contributed by atoms with van der Waals surface area (Å²) in [5.41, 5.74) is 1.86. The number of carbonyl (C=O) groups excluding carboxylic acids is 1. The first kappa shape index (κ1) is 15.7. The molecular formula is C18H19N3OS. The number of nitrogens with one attached hydrogen (secondary N) is 1. The van der Waals surface area contributed by atoms with Crippen molar-refractivity contribution in [2.75, 3.05) is 18.4 Å². The van der Waals surface area contributed by atoms with Crippen molar-refractivity contribution in [3.8, 4) is 6.07 Å². The third-order valence-electron chi connectivity index (χ3n) is 4.21. The molecule has 1 aliphatic heterocycles. The van der Waals surface area contributed by atoms with E-state index in [2.05, 4.69) is 40.6 Å². The van der Waals surface area contributed by atoms with Crippen LogP contribution in [-0.2, 0) is 4.79 Å². The smallest absolute Gasteiger partial charge is 0.226 e. The Labute approximate surface area is 140 Å². The van der Waals surface area contributed by atoms with Crippen LogP contribution in [0.15, 0.2) is 41.8 Å². The van der Waals surface area contributed by atoms with Gasteiger partial charge in [0, 0.05) is 19.0 Å². The van der Waals surface area contributed by atoms with Crippen LogP contribution in [0.3, 0.4) is 0 Å². The minimum Gasteiger partial charge on any atom is -0.317 e. The van der Waals surface area contributed by atoms with E-state index < -0.39 is 0 Å². The van der Waals surface area contributed by atoms with E-state index in [0.29, 0.717) is 23.0 Å². The predicted molar refractivity (Wildman–Crippen MR) is 92.3 cm³/mol. The minimum absolute atomic E-state index is 0.0253. The van der Waals surface area contributed by atoms with Gasteiger partial charge in [0.15, 0.2) is 0 Å². The Bertz CT molecular complexity index is 705. The standard InChI is InChI=1S/C18H19N3OS/c19-13-15-9-12-23-18(15)20-17(22)8-11-21-10-4-7-16(21)14-5-2-1-3-6-14/h1-3,5-6,9,12,16H,4,7-8,10-11H2,(H,20,22). The van der Waals surface area contributed by atoms with Crippen LogP contribution < -0.4 is 5.32 Å². The molecule has 2 heterocycles. The number of nitrogens with zero attached hydrogens (tertiary/aromatic N) is 2. The zero-order chi connectivity index (χ0) is 16.1. The highest BCUT2D eigenvalue weighted by molar-refractivity contribution is 7.14. The number of nitriles is 1. The molecule has 1 saturated heterocycles. The van der Waals surface area contributed by atoms with Crippen LogP contribution in [0.1, 0.15) is 36.4 Å². The summed E-state index contributed by atoms with van der Waals surface area (Å²) in [6.45, 7) is 1.79. The molecule has 1 aromatic carbocycles. The maximum Gasteiger partial charge on any atom is 0.226 e. The van der Waals surface area contributed by atoms with Crippen LogP contribution in [0.2, 0.25) is 0 Å². The lowest BCUT2D eigenvalue weighted by Crippen LogP contribution is -2.27. The fourth-order valence-electron chi connectivity index (χ4n) is 3.07. The van der Waals surface area contributed by atoms with Crippen molar-refractivity contribution in [1.29, 1.82) is 5.26 Å². The molecule has 1 fully saturated rings. The Morgan fingerprint density at radius 3 is 2.96 bits per heavy atom. The largest absolute Gasteiger partial charge is 0.317 e. The predicted octanol–water partition coefficient (Wildman–Crippen LogP) is 3.79. The molecule has 1 amide bonds. The van der Waals surface area contributed by atoms with Gasteiger partial charge < -0.3 is 5.32 Å². The minimum atomic E-state index is -0.0253. The van der Waals surface area contributed by atoms with E-state index in [-0.39, 0.29) is 5.91 Å². The first-order valence-electron chi connectivity index (χ1n) is 7.84. The molecule has 2 aromatic rings. The average Bonchev–Trinajstić information content (AvgIpc) is 3.22. The maximum atomic E-state index is 12.1. The van der Waals surface area contributed by atoms with E-state index in [1.807, 2.05) is 11.4 Å². The maximum absolute atomic E-state index is 12.1. The number of hydrogen-bond donors (Lipinski definition) is 1. The van der Waals surface area contributed by atoms with Crippen LogP contribution in [0.4, 0.5) is 5.00 Å². The van der Waals surface area contributed by atoms with E-state index >= 15 is 0 Å². The summed E-state index contributed by atoms with van der Waals surface area (Å²) in [4.78, 5) is 14.5. The van der Waals surface area contributed by atoms with Gasteiger partial charge in [-0.3, -0.25) is 9.69 Å². The Balaban J connectivity index is 1.55. The summed E-state index contributed by atoms with van der Waals surface area (Å²) in [6, 6.07) is 14.7. The lowest BCUT2D eigenvalue weighted by atomic mass is 10.0. The first-order valence-corrected chi connectivity index (χ1v) is 8.72. The third-order valence-corrected chi connectivity index (χ3v) is 5.04. The Morgan fingerprint density at radius 2 is 2.17 bits per heavy atom. The van der Waals surface area contributed by atoms with Gasteiger partial charge in [-0.15, -0.1) is 11.3 Å². The van der Waals surface area contributed by atoms with Gasteiger partial charge in [0.2, 0.25) is 5.91 Å². The van der Waals surface area contributed by atoms with Crippen LogP contribution in [0.5, 0.6) is 0 Å². The fraction of sp³-hybridized carbons (Fsp3) is 0.333. The second kappa shape index (κ2) is 7.40. The zero-order valence-electron chi connectivity index (χ0n) is 12.9. The van der Waals surface area contributed by atoms with Crippen LogP contribution >= 0.6 is 11.3 Å².